The molecule has 2 atom stereocenters. The third-order valence-electron chi connectivity index (χ3n) is 9.13. The van der Waals surface area contributed by atoms with Crippen LogP contribution in [0.5, 0.6) is 0 Å². The molecule has 4 heterocycles. The molecule has 47 heavy (non-hydrogen) atoms. The highest BCUT2D eigenvalue weighted by atomic mass is 16.5. The maximum absolute atomic E-state index is 13.0. The number of hydrogen-bond acceptors (Lipinski definition) is 10. The maximum Gasteiger partial charge on any atom is 0.323 e. The number of rotatable bonds is 7. The number of nitrogens with zero attached hydrogens (tertiary/aromatic N) is 7. The fourth-order valence-corrected chi connectivity index (χ4v) is 6.25. The second kappa shape index (κ2) is 14.6. The van der Waals surface area contributed by atoms with Gasteiger partial charge in [-0.3, -0.25) is 4.79 Å². The monoisotopic (exact) mass is 643 g/mol. The minimum atomic E-state index is -0.380. The highest BCUT2D eigenvalue weighted by Crippen LogP contribution is 2.26. The number of aromatic nitrogens is 3. The molecule has 3 saturated heterocycles. The second-order valence-corrected chi connectivity index (χ2v) is 12.7. The summed E-state index contributed by atoms with van der Waals surface area (Å²) in [6.45, 7) is 9.59. The molecule has 2 aromatic carbocycles. The van der Waals surface area contributed by atoms with Crippen LogP contribution in [0.2, 0.25) is 0 Å². The summed E-state index contributed by atoms with van der Waals surface area (Å²) in [6.07, 6.45) is 1.94. The van der Waals surface area contributed by atoms with Crippen LogP contribution in [0.1, 0.15) is 37.0 Å². The average molecular weight is 644 g/mol. The molecule has 3 amide bonds. The number of benzene rings is 2. The average Bonchev–Trinajstić information content (AvgIpc) is 3.09. The number of carbonyl (C=O) groups excluding carboxylic acids is 2. The van der Waals surface area contributed by atoms with Gasteiger partial charge in [-0.15, -0.1) is 0 Å². The number of likely N-dealkylation sites (tertiary alicyclic amines) is 1. The molecule has 3 aliphatic heterocycles. The van der Waals surface area contributed by atoms with Gasteiger partial charge in [0.25, 0.3) is 5.91 Å². The van der Waals surface area contributed by atoms with Gasteiger partial charge >= 0.3 is 6.03 Å². The number of piperidine rings is 1. The third-order valence-corrected chi connectivity index (χ3v) is 9.13. The third kappa shape index (κ3) is 7.80. The van der Waals surface area contributed by atoms with Crippen molar-refractivity contribution in [3.63, 3.8) is 0 Å². The number of nitrogens with one attached hydrogen (secondary N) is 2. The van der Waals surface area contributed by atoms with Gasteiger partial charge in [-0.25, -0.2) is 4.79 Å². The van der Waals surface area contributed by atoms with Crippen LogP contribution in [0.15, 0.2) is 48.5 Å². The molecule has 0 saturated carbocycles. The lowest BCUT2D eigenvalue weighted by atomic mass is 10.0. The Hall–Kier alpha value is -4.33. The summed E-state index contributed by atoms with van der Waals surface area (Å²) in [6, 6.07) is 14.9. The van der Waals surface area contributed by atoms with Crippen LogP contribution in [-0.4, -0.2) is 122 Å². The topological polar surface area (TPSA) is 128 Å². The highest BCUT2D eigenvalue weighted by molar-refractivity contribution is 6.00. The van der Waals surface area contributed by atoms with E-state index in [1.54, 1.807) is 24.3 Å². The minimum Gasteiger partial charge on any atom is -0.377 e. The van der Waals surface area contributed by atoms with Crippen molar-refractivity contribution in [1.29, 1.82) is 0 Å². The molecule has 0 bridgehead atoms. The minimum absolute atomic E-state index is 0.0228. The number of anilines is 4. The molecule has 3 fully saturated rings. The van der Waals surface area contributed by atoms with E-state index < -0.39 is 0 Å². The molecule has 0 radical (unpaired) electrons. The Labute approximate surface area is 276 Å². The van der Waals surface area contributed by atoms with Gasteiger partial charge in [-0.2, -0.15) is 15.0 Å². The largest absolute Gasteiger partial charge is 0.377 e. The van der Waals surface area contributed by atoms with E-state index in [1.807, 2.05) is 29.2 Å². The summed E-state index contributed by atoms with van der Waals surface area (Å²) in [5.74, 6) is 1.84. The molecule has 2 N–H and O–H groups in total. The number of morpholine rings is 2. The van der Waals surface area contributed by atoms with E-state index in [0.29, 0.717) is 80.2 Å². The van der Waals surface area contributed by atoms with Gasteiger partial charge in [0, 0.05) is 54.7 Å². The Kier molecular flexibility index (Phi) is 10.1. The first kappa shape index (κ1) is 32.6. The van der Waals surface area contributed by atoms with E-state index in [2.05, 4.69) is 53.3 Å². The molecule has 0 unspecified atom stereocenters. The van der Waals surface area contributed by atoms with Crippen molar-refractivity contribution in [1.82, 2.24) is 24.8 Å². The van der Waals surface area contributed by atoms with E-state index >= 15 is 0 Å². The van der Waals surface area contributed by atoms with Crippen molar-refractivity contribution in [2.24, 2.45) is 0 Å². The van der Waals surface area contributed by atoms with Crippen molar-refractivity contribution < 1.29 is 19.1 Å². The standard InChI is InChI=1S/C34H45N9O4/c1-23-21-46-19-17-42(23)32-37-30(38-33(39-32)43-18-20-47-22-24(43)2)25-5-9-27(10-6-25)35-34(45)36-28-11-7-26(8-12-28)31(44)41-15-13-29(14-16-41)40(3)4/h5-12,23-24,29H,13-22H2,1-4H3,(H2,35,36,45)/t23-,24-/m0/s1. The zero-order valence-electron chi connectivity index (χ0n) is 27.7. The fourth-order valence-electron chi connectivity index (χ4n) is 6.25. The van der Waals surface area contributed by atoms with E-state index in [0.717, 1.165) is 31.5 Å². The lowest BCUT2D eigenvalue weighted by Crippen LogP contribution is -2.46. The summed E-state index contributed by atoms with van der Waals surface area (Å²) < 4.78 is 11.3. The van der Waals surface area contributed by atoms with E-state index in [-0.39, 0.29) is 24.0 Å². The first-order chi connectivity index (χ1) is 22.7. The van der Waals surface area contributed by atoms with Crippen LogP contribution >= 0.6 is 0 Å². The maximum atomic E-state index is 13.0. The van der Waals surface area contributed by atoms with Crippen LogP contribution < -0.4 is 20.4 Å². The number of carbonyl (C=O) groups is 2. The van der Waals surface area contributed by atoms with Crippen LogP contribution in [0, 0.1) is 0 Å². The summed E-state index contributed by atoms with van der Waals surface area (Å²) >= 11 is 0. The lowest BCUT2D eigenvalue weighted by molar-refractivity contribution is 0.0663. The van der Waals surface area contributed by atoms with Crippen LogP contribution in [-0.2, 0) is 9.47 Å². The summed E-state index contributed by atoms with van der Waals surface area (Å²) in [5, 5.41) is 5.73. The molecule has 6 rings (SSSR count). The molecule has 13 nitrogen and oxygen atoms in total. The smallest absolute Gasteiger partial charge is 0.323 e. The van der Waals surface area contributed by atoms with Crippen molar-refractivity contribution in [3.05, 3.63) is 54.1 Å². The highest BCUT2D eigenvalue weighted by Gasteiger charge is 2.28. The number of ether oxygens (including phenoxy) is 2. The van der Waals surface area contributed by atoms with Gasteiger partial charge in [0.2, 0.25) is 11.9 Å². The molecule has 0 spiro atoms. The molecule has 0 aliphatic carbocycles. The lowest BCUT2D eigenvalue weighted by Gasteiger charge is -2.36. The second-order valence-electron chi connectivity index (χ2n) is 12.7. The quantitative estimate of drug-likeness (QED) is 0.393. The Morgan fingerprint density at radius 3 is 1.74 bits per heavy atom. The number of amides is 3. The Morgan fingerprint density at radius 1 is 0.745 bits per heavy atom. The van der Waals surface area contributed by atoms with Gasteiger partial charge in [0.15, 0.2) is 5.82 Å². The van der Waals surface area contributed by atoms with E-state index in [4.69, 9.17) is 24.4 Å². The summed E-state index contributed by atoms with van der Waals surface area (Å²) in [4.78, 5) is 48.9. The van der Waals surface area contributed by atoms with Crippen LogP contribution in [0.4, 0.5) is 28.1 Å². The molecule has 3 aromatic rings. The normalized spacial score (nSPS) is 20.7. The molecule has 13 heteroatoms. The SMILES string of the molecule is C[C@H]1COCCN1c1nc(-c2ccc(NC(=O)Nc3ccc(C(=O)N4CCC(N(C)C)CC4)cc3)cc2)nc(N2CCOC[C@@H]2C)n1. The van der Waals surface area contributed by atoms with Crippen molar-refractivity contribution in [2.75, 3.05) is 87.1 Å². The van der Waals surface area contributed by atoms with Crippen molar-refractivity contribution in [3.8, 4) is 11.4 Å². The van der Waals surface area contributed by atoms with Gasteiger partial charge in [-0.05, 0) is 89.3 Å². The predicted molar refractivity (Wildman–Crippen MR) is 182 cm³/mol. The van der Waals surface area contributed by atoms with E-state index in [9.17, 15) is 9.59 Å². The molecular weight excluding hydrogens is 598 g/mol. The fraction of sp³-hybridized carbons (Fsp3) is 0.500. The molecular formula is C34H45N9O4. The van der Waals surface area contributed by atoms with E-state index in [1.165, 1.54) is 0 Å². The first-order valence-electron chi connectivity index (χ1n) is 16.4. The Balaban J connectivity index is 1.10. The van der Waals surface area contributed by atoms with Crippen molar-refractivity contribution >= 4 is 35.2 Å². The zero-order chi connectivity index (χ0) is 32.9. The van der Waals surface area contributed by atoms with Crippen LogP contribution in [0.25, 0.3) is 11.4 Å². The van der Waals surface area contributed by atoms with Crippen molar-refractivity contribution in [2.45, 2.75) is 44.8 Å². The summed E-state index contributed by atoms with van der Waals surface area (Å²) in [5.41, 5.74) is 2.65. The summed E-state index contributed by atoms with van der Waals surface area (Å²) in [7, 11) is 4.17. The first-order valence-corrected chi connectivity index (χ1v) is 16.4. The van der Waals surface area contributed by atoms with Gasteiger partial charge in [0.05, 0.1) is 38.5 Å². The molecule has 250 valence electrons. The Bertz CT molecular complexity index is 1490. The zero-order valence-corrected chi connectivity index (χ0v) is 27.7. The van der Waals surface area contributed by atoms with Gasteiger partial charge < -0.3 is 39.7 Å². The number of urea groups is 1. The Morgan fingerprint density at radius 2 is 1.26 bits per heavy atom. The van der Waals surface area contributed by atoms with Crippen LogP contribution in [0.3, 0.4) is 0 Å². The molecule has 1 aromatic heterocycles. The van der Waals surface area contributed by atoms with Gasteiger partial charge in [-0.1, -0.05) is 0 Å². The molecule has 3 aliphatic rings. The van der Waals surface area contributed by atoms with Gasteiger partial charge in [0.1, 0.15) is 0 Å². The number of hydrogen-bond donors (Lipinski definition) is 2. The predicted octanol–water partition coefficient (Wildman–Crippen LogP) is 3.80.